The van der Waals surface area contributed by atoms with Crippen molar-refractivity contribution in [1.29, 1.82) is 5.26 Å². The van der Waals surface area contributed by atoms with Gasteiger partial charge in [-0.05, 0) is 24.3 Å². The summed E-state index contributed by atoms with van der Waals surface area (Å²) in [6.45, 7) is 0. The molecule has 0 saturated carbocycles. The van der Waals surface area contributed by atoms with Crippen LogP contribution in [0.4, 0.5) is 22.0 Å². The van der Waals surface area contributed by atoms with Gasteiger partial charge in [-0.15, -0.1) is 0 Å². The Balaban J connectivity index is 2.20. The molecule has 0 aromatic heterocycles. The van der Waals surface area contributed by atoms with E-state index in [0.717, 1.165) is 24.3 Å². The first kappa shape index (κ1) is 19.1. The maximum absolute atomic E-state index is 14.0. The summed E-state index contributed by atoms with van der Waals surface area (Å²) < 4.78 is 97.5. The van der Waals surface area contributed by atoms with Gasteiger partial charge in [0.25, 0.3) is 6.43 Å². The van der Waals surface area contributed by atoms with E-state index in [1.165, 1.54) is 0 Å². The van der Waals surface area contributed by atoms with Gasteiger partial charge in [0.05, 0.1) is 22.1 Å². The van der Waals surface area contributed by atoms with Crippen LogP contribution in [-0.2, 0) is 9.84 Å². The lowest BCUT2D eigenvalue weighted by Gasteiger charge is -2.17. The highest BCUT2D eigenvalue weighted by Crippen LogP contribution is 2.52. The lowest BCUT2D eigenvalue weighted by molar-refractivity contribution is 0.0662. The Morgan fingerprint density at radius 2 is 1.89 bits per heavy atom. The Bertz CT molecular complexity index is 1080. The Labute approximate surface area is 149 Å². The van der Waals surface area contributed by atoms with Crippen LogP contribution in [0.1, 0.15) is 29.2 Å². The van der Waals surface area contributed by atoms with E-state index in [2.05, 4.69) is 0 Å². The van der Waals surface area contributed by atoms with E-state index in [0.29, 0.717) is 6.07 Å². The molecular formula is C16H9F5N2O3S. The molecule has 1 aliphatic heterocycles. The molecule has 0 aliphatic carbocycles. The topological polar surface area (TPSA) is 93.2 Å². The lowest BCUT2D eigenvalue weighted by atomic mass is 10.0. The molecule has 0 saturated heterocycles. The van der Waals surface area contributed by atoms with Gasteiger partial charge in [-0.1, -0.05) is 0 Å². The summed E-state index contributed by atoms with van der Waals surface area (Å²) in [5.74, 6) is -1.93. The molecule has 2 aromatic carbocycles. The van der Waals surface area contributed by atoms with E-state index in [1.54, 1.807) is 6.07 Å². The summed E-state index contributed by atoms with van der Waals surface area (Å²) in [7, 11) is -5.25. The van der Waals surface area contributed by atoms with Crippen molar-refractivity contribution in [3.05, 3.63) is 52.8 Å². The van der Waals surface area contributed by atoms with Crippen molar-refractivity contribution in [2.45, 2.75) is 22.6 Å². The van der Waals surface area contributed by atoms with Crippen LogP contribution in [0.25, 0.3) is 0 Å². The zero-order valence-electron chi connectivity index (χ0n) is 13.1. The van der Waals surface area contributed by atoms with Crippen LogP contribution in [-0.4, -0.2) is 13.7 Å². The molecule has 0 spiro atoms. The van der Waals surface area contributed by atoms with Gasteiger partial charge in [-0.3, -0.25) is 0 Å². The molecule has 5 nitrogen and oxygen atoms in total. The van der Waals surface area contributed by atoms with Crippen LogP contribution in [0.15, 0.2) is 35.2 Å². The van der Waals surface area contributed by atoms with E-state index < -0.39 is 55.1 Å². The predicted molar refractivity (Wildman–Crippen MR) is 81.6 cm³/mol. The van der Waals surface area contributed by atoms with E-state index >= 15 is 0 Å². The minimum atomic E-state index is -5.25. The average molecular weight is 404 g/mol. The van der Waals surface area contributed by atoms with Crippen LogP contribution in [0.3, 0.4) is 0 Å². The number of ether oxygens (including phenoxy) is 1. The molecule has 0 amide bonds. The van der Waals surface area contributed by atoms with Gasteiger partial charge in [-0.2, -0.15) is 14.0 Å². The van der Waals surface area contributed by atoms with Crippen molar-refractivity contribution in [2.75, 3.05) is 0 Å². The number of sulfone groups is 1. The fourth-order valence-electron chi connectivity index (χ4n) is 2.76. The highest BCUT2D eigenvalue weighted by Gasteiger charge is 2.60. The van der Waals surface area contributed by atoms with Gasteiger partial charge in [0.1, 0.15) is 23.4 Å². The molecule has 2 N–H and O–H groups in total. The second kappa shape index (κ2) is 6.17. The molecule has 11 heteroatoms. The molecule has 2 aromatic rings. The van der Waals surface area contributed by atoms with Crippen LogP contribution >= 0.6 is 0 Å². The highest BCUT2D eigenvalue weighted by molar-refractivity contribution is 7.92. The third-order valence-electron chi connectivity index (χ3n) is 3.97. The third kappa shape index (κ3) is 2.81. The molecule has 0 radical (unpaired) electrons. The van der Waals surface area contributed by atoms with Crippen molar-refractivity contribution in [3.8, 4) is 17.6 Å². The number of fused-ring (bicyclic) bond motifs is 1. The van der Waals surface area contributed by atoms with Crippen molar-refractivity contribution in [2.24, 2.45) is 5.73 Å². The Kier molecular flexibility index (Phi) is 4.36. The number of nitrogens with zero attached hydrogens (tertiary/aromatic N) is 1. The van der Waals surface area contributed by atoms with Crippen LogP contribution in [0.5, 0.6) is 11.5 Å². The van der Waals surface area contributed by atoms with E-state index in [-0.39, 0.29) is 11.3 Å². The first-order valence-corrected chi connectivity index (χ1v) is 8.70. The smallest absolute Gasteiger partial charge is 0.368 e. The summed E-state index contributed by atoms with van der Waals surface area (Å²) in [6, 6.07) is 3.24. The quantitative estimate of drug-likeness (QED) is 0.786. The summed E-state index contributed by atoms with van der Waals surface area (Å²) in [4.78, 5) is -1.01. The number of hydrogen-bond acceptors (Lipinski definition) is 5. The molecule has 0 unspecified atom stereocenters. The fourth-order valence-corrected chi connectivity index (χ4v) is 4.28. The number of nitriles is 1. The zero-order chi connectivity index (χ0) is 20.1. The first-order valence-electron chi connectivity index (χ1n) is 7.22. The molecule has 1 heterocycles. The maximum atomic E-state index is 14.0. The second-order valence-corrected chi connectivity index (χ2v) is 7.61. The number of nitrogens with two attached hydrogens (primary N) is 1. The van der Waals surface area contributed by atoms with Crippen LogP contribution in [0, 0.1) is 17.1 Å². The summed E-state index contributed by atoms with van der Waals surface area (Å²) in [6.07, 6.45) is -3.41. The minimum absolute atomic E-state index is 0.171. The minimum Gasteiger partial charge on any atom is -0.457 e. The van der Waals surface area contributed by atoms with Crippen molar-refractivity contribution in [3.63, 3.8) is 0 Å². The van der Waals surface area contributed by atoms with Crippen molar-refractivity contribution >= 4 is 9.84 Å². The zero-order valence-corrected chi connectivity index (χ0v) is 13.9. The van der Waals surface area contributed by atoms with Crippen molar-refractivity contribution < 1.29 is 35.1 Å². The third-order valence-corrected chi connectivity index (χ3v) is 5.88. The molecule has 3 rings (SSSR count). The normalized spacial score (nSPS) is 19.6. The first-order chi connectivity index (χ1) is 12.5. The number of alkyl halides is 4. The molecular weight excluding hydrogens is 395 g/mol. The summed E-state index contributed by atoms with van der Waals surface area (Å²) >= 11 is 0. The van der Waals surface area contributed by atoms with Crippen LogP contribution in [0.2, 0.25) is 0 Å². The summed E-state index contributed by atoms with van der Waals surface area (Å²) in [5.41, 5.74) is 2.99. The Morgan fingerprint density at radius 1 is 1.22 bits per heavy atom. The molecule has 0 fully saturated rings. The molecule has 1 aliphatic rings. The fraction of sp³-hybridized carbons (Fsp3) is 0.188. The number of rotatable bonds is 3. The lowest BCUT2D eigenvalue weighted by Crippen LogP contribution is -2.34. The number of benzene rings is 2. The standard InChI is InChI=1S/C16H9F5N2O3S/c17-8-3-7(6-22)4-9(5-8)26-10-1-2-11-13(12(10)15(18)19)14(23)16(20,21)27(11,24)25/h1-5,14-15H,23H2/t14-/m1/s1. The Hall–Kier alpha value is -2.71. The van der Waals surface area contributed by atoms with E-state index in [9.17, 15) is 30.4 Å². The van der Waals surface area contributed by atoms with Gasteiger partial charge >= 0.3 is 5.25 Å². The monoisotopic (exact) mass is 404 g/mol. The SMILES string of the molecule is N#Cc1cc(F)cc(Oc2ccc3c(c2C(F)F)[C@@H](N)C(F)(F)S3(=O)=O)c1. The molecule has 27 heavy (non-hydrogen) atoms. The molecule has 0 bridgehead atoms. The largest absolute Gasteiger partial charge is 0.457 e. The van der Waals surface area contributed by atoms with Gasteiger partial charge < -0.3 is 10.5 Å². The number of halogens is 5. The maximum Gasteiger partial charge on any atom is 0.368 e. The highest BCUT2D eigenvalue weighted by atomic mass is 32.2. The van der Waals surface area contributed by atoms with Crippen LogP contribution < -0.4 is 10.5 Å². The molecule has 142 valence electrons. The van der Waals surface area contributed by atoms with E-state index in [1.807, 2.05) is 0 Å². The Morgan fingerprint density at radius 3 is 2.48 bits per heavy atom. The van der Waals surface area contributed by atoms with Gasteiger partial charge in [0, 0.05) is 11.6 Å². The number of hydrogen-bond donors (Lipinski definition) is 1. The summed E-state index contributed by atoms with van der Waals surface area (Å²) in [5, 5.41) is 4.35. The van der Waals surface area contributed by atoms with E-state index in [4.69, 9.17) is 15.7 Å². The molecule has 1 atom stereocenters. The predicted octanol–water partition coefficient (Wildman–Crippen LogP) is 3.81. The second-order valence-electron chi connectivity index (χ2n) is 5.62. The average Bonchev–Trinajstić information content (AvgIpc) is 2.71. The van der Waals surface area contributed by atoms with Crippen molar-refractivity contribution in [1.82, 2.24) is 0 Å². The van der Waals surface area contributed by atoms with Gasteiger partial charge in [-0.25, -0.2) is 21.6 Å². The van der Waals surface area contributed by atoms with Gasteiger partial charge in [0.15, 0.2) is 0 Å². The van der Waals surface area contributed by atoms with Gasteiger partial charge in [0.2, 0.25) is 9.84 Å².